The fourth-order valence-electron chi connectivity index (χ4n) is 1.49. The van der Waals surface area contributed by atoms with Crippen LogP contribution in [0.25, 0.3) is 0 Å². The number of anilines is 1. The van der Waals surface area contributed by atoms with Gasteiger partial charge in [0.2, 0.25) is 5.91 Å². The predicted molar refractivity (Wildman–Crippen MR) is 67.7 cm³/mol. The number of aromatic hydroxyl groups is 1. The number of amides is 1. The second kappa shape index (κ2) is 7.04. The van der Waals surface area contributed by atoms with Crippen molar-refractivity contribution in [2.24, 2.45) is 0 Å². The Morgan fingerprint density at radius 2 is 2.05 bits per heavy atom. The lowest BCUT2D eigenvalue weighted by Gasteiger charge is -2.10. The molecule has 6 heteroatoms. The first-order valence-corrected chi connectivity index (χ1v) is 5.86. The molecule has 1 aromatic carbocycles. The molecule has 0 aliphatic carbocycles. The summed E-state index contributed by atoms with van der Waals surface area (Å²) < 4.78 is 28.2. The van der Waals surface area contributed by atoms with Gasteiger partial charge in [0.05, 0.1) is 13.0 Å². The monoisotopic (exact) mass is 273 g/mol. The minimum atomic E-state index is -2.52. The maximum Gasteiger partial charge on any atom is 0.261 e. The highest BCUT2D eigenvalue weighted by molar-refractivity contribution is 5.91. The third kappa shape index (κ3) is 5.21. The van der Waals surface area contributed by atoms with Crippen LogP contribution in [-0.2, 0) is 9.53 Å². The van der Waals surface area contributed by atoms with Crippen LogP contribution in [-0.4, -0.2) is 30.7 Å². The molecule has 19 heavy (non-hydrogen) atoms. The van der Waals surface area contributed by atoms with E-state index in [1.54, 1.807) is 26.0 Å². The lowest BCUT2D eigenvalue weighted by Crippen LogP contribution is -2.16. The number of phenolic OH excluding ortho intramolecular Hbond substituents is 1. The Labute approximate surface area is 110 Å². The zero-order valence-corrected chi connectivity index (χ0v) is 10.9. The van der Waals surface area contributed by atoms with Crippen molar-refractivity contribution in [1.29, 1.82) is 0 Å². The van der Waals surface area contributed by atoms with Gasteiger partial charge in [0.15, 0.2) is 0 Å². The molecule has 106 valence electrons. The summed E-state index contributed by atoms with van der Waals surface area (Å²) in [6.07, 6.45) is -2.52. The number of ether oxygens (including phenoxy) is 1. The van der Waals surface area contributed by atoms with Crippen LogP contribution in [0.4, 0.5) is 14.5 Å². The van der Waals surface area contributed by atoms with E-state index in [0.717, 1.165) is 5.56 Å². The van der Waals surface area contributed by atoms with E-state index in [-0.39, 0.29) is 24.7 Å². The van der Waals surface area contributed by atoms with Crippen LogP contribution in [0.2, 0.25) is 0 Å². The van der Waals surface area contributed by atoms with E-state index in [2.05, 4.69) is 10.1 Å². The van der Waals surface area contributed by atoms with E-state index in [9.17, 15) is 18.7 Å². The van der Waals surface area contributed by atoms with Gasteiger partial charge in [0, 0.05) is 5.69 Å². The normalized spacial score (nSPS) is 10.8. The van der Waals surface area contributed by atoms with Gasteiger partial charge in [0.25, 0.3) is 6.43 Å². The molecular formula is C13H17F2NO3. The lowest BCUT2D eigenvalue weighted by atomic mass is 10.1. The standard InChI is InChI=1S/C13H17F2NO3/c1-8-6-11(17)9(2)5-10(8)16-13(18)3-4-19-7-12(14)15/h5-6,12,17H,3-4,7H2,1-2H3,(H,16,18). The number of benzene rings is 1. The molecular weight excluding hydrogens is 256 g/mol. The van der Waals surface area contributed by atoms with E-state index < -0.39 is 13.0 Å². The molecule has 0 saturated heterocycles. The molecule has 0 bridgehead atoms. The summed E-state index contributed by atoms with van der Waals surface area (Å²) in [5, 5.41) is 12.1. The maximum absolute atomic E-state index is 11.8. The molecule has 0 aromatic heterocycles. The number of carbonyl (C=O) groups excluding carboxylic acids is 1. The third-order valence-electron chi connectivity index (χ3n) is 2.53. The van der Waals surface area contributed by atoms with E-state index in [0.29, 0.717) is 11.3 Å². The van der Waals surface area contributed by atoms with Crippen LogP contribution in [0.5, 0.6) is 5.75 Å². The van der Waals surface area contributed by atoms with Gasteiger partial charge in [-0.05, 0) is 37.1 Å². The third-order valence-corrected chi connectivity index (χ3v) is 2.53. The van der Waals surface area contributed by atoms with E-state index in [1.807, 2.05) is 0 Å². The van der Waals surface area contributed by atoms with Crippen LogP contribution in [0, 0.1) is 13.8 Å². The molecule has 0 saturated carbocycles. The molecule has 1 amide bonds. The first kappa shape index (κ1) is 15.4. The number of nitrogens with one attached hydrogen (secondary N) is 1. The molecule has 0 heterocycles. The zero-order valence-electron chi connectivity index (χ0n) is 10.9. The SMILES string of the molecule is Cc1cc(NC(=O)CCOCC(F)F)c(C)cc1O. The highest BCUT2D eigenvalue weighted by atomic mass is 19.3. The van der Waals surface area contributed by atoms with Crippen molar-refractivity contribution in [2.75, 3.05) is 18.5 Å². The van der Waals surface area contributed by atoms with Crippen molar-refractivity contribution in [3.05, 3.63) is 23.3 Å². The summed E-state index contributed by atoms with van der Waals surface area (Å²) in [5.74, 6) is -0.154. The van der Waals surface area contributed by atoms with Crippen molar-refractivity contribution in [2.45, 2.75) is 26.7 Å². The molecule has 0 radical (unpaired) electrons. The van der Waals surface area contributed by atoms with Crippen molar-refractivity contribution in [3.8, 4) is 5.75 Å². The first-order chi connectivity index (χ1) is 8.90. The van der Waals surface area contributed by atoms with Gasteiger partial charge in [-0.3, -0.25) is 4.79 Å². The molecule has 0 aliphatic heterocycles. The van der Waals surface area contributed by atoms with Gasteiger partial charge in [-0.15, -0.1) is 0 Å². The molecule has 0 spiro atoms. The summed E-state index contributed by atoms with van der Waals surface area (Å²) in [7, 11) is 0. The molecule has 4 nitrogen and oxygen atoms in total. The summed E-state index contributed by atoms with van der Waals surface area (Å²) in [6, 6.07) is 3.21. The maximum atomic E-state index is 11.8. The number of rotatable bonds is 6. The molecule has 1 rings (SSSR count). The van der Waals surface area contributed by atoms with Gasteiger partial charge >= 0.3 is 0 Å². The summed E-state index contributed by atoms with van der Waals surface area (Å²) in [6.45, 7) is 2.76. The summed E-state index contributed by atoms with van der Waals surface area (Å²) in [5.41, 5.74) is 1.97. The smallest absolute Gasteiger partial charge is 0.261 e. The van der Waals surface area contributed by atoms with Crippen LogP contribution >= 0.6 is 0 Å². The Bertz CT molecular complexity index is 450. The number of alkyl halides is 2. The first-order valence-electron chi connectivity index (χ1n) is 5.86. The van der Waals surface area contributed by atoms with Crippen molar-refractivity contribution in [1.82, 2.24) is 0 Å². The molecule has 0 atom stereocenters. The minimum Gasteiger partial charge on any atom is -0.508 e. The Morgan fingerprint density at radius 3 is 2.68 bits per heavy atom. The number of hydrogen-bond acceptors (Lipinski definition) is 3. The van der Waals surface area contributed by atoms with E-state index in [1.165, 1.54) is 0 Å². The average molecular weight is 273 g/mol. The zero-order chi connectivity index (χ0) is 14.4. The van der Waals surface area contributed by atoms with Gasteiger partial charge in [0.1, 0.15) is 12.4 Å². The molecule has 1 aromatic rings. The van der Waals surface area contributed by atoms with Crippen LogP contribution in [0.15, 0.2) is 12.1 Å². The number of halogens is 2. The number of aryl methyl sites for hydroxylation is 2. The molecule has 0 unspecified atom stereocenters. The van der Waals surface area contributed by atoms with Gasteiger partial charge in [-0.2, -0.15) is 0 Å². The quantitative estimate of drug-likeness (QED) is 0.618. The molecule has 2 N–H and O–H groups in total. The molecule has 0 aliphatic rings. The highest BCUT2D eigenvalue weighted by Gasteiger charge is 2.08. The molecule has 0 fully saturated rings. The van der Waals surface area contributed by atoms with Crippen molar-refractivity contribution in [3.63, 3.8) is 0 Å². The van der Waals surface area contributed by atoms with E-state index in [4.69, 9.17) is 0 Å². The predicted octanol–water partition coefficient (Wildman–Crippen LogP) is 2.62. The number of phenols is 1. The fourth-order valence-corrected chi connectivity index (χ4v) is 1.49. The lowest BCUT2D eigenvalue weighted by molar-refractivity contribution is -0.117. The van der Waals surface area contributed by atoms with Gasteiger partial charge in [-0.1, -0.05) is 0 Å². The summed E-state index contributed by atoms with van der Waals surface area (Å²) in [4.78, 5) is 11.6. The second-order valence-electron chi connectivity index (χ2n) is 4.22. The van der Waals surface area contributed by atoms with E-state index >= 15 is 0 Å². The van der Waals surface area contributed by atoms with Gasteiger partial charge < -0.3 is 15.2 Å². The Kier molecular flexibility index (Phi) is 5.69. The average Bonchev–Trinajstić information content (AvgIpc) is 2.31. The second-order valence-corrected chi connectivity index (χ2v) is 4.22. The fraction of sp³-hybridized carbons (Fsp3) is 0.462. The van der Waals surface area contributed by atoms with Crippen LogP contribution < -0.4 is 5.32 Å². The largest absolute Gasteiger partial charge is 0.508 e. The summed E-state index contributed by atoms with van der Waals surface area (Å²) >= 11 is 0. The Hall–Kier alpha value is -1.69. The Morgan fingerprint density at radius 1 is 1.37 bits per heavy atom. The van der Waals surface area contributed by atoms with Crippen molar-refractivity contribution >= 4 is 11.6 Å². The number of hydrogen-bond donors (Lipinski definition) is 2. The number of carbonyl (C=O) groups is 1. The van der Waals surface area contributed by atoms with Crippen molar-refractivity contribution < 1.29 is 23.4 Å². The highest BCUT2D eigenvalue weighted by Crippen LogP contribution is 2.24. The minimum absolute atomic E-state index is 0.00604. The van der Waals surface area contributed by atoms with Crippen LogP contribution in [0.1, 0.15) is 17.5 Å². The topological polar surface area (TPSA) is 58.6 Å². The van der Waals surface area contributed by atoms with Gasteiger partial charge in [-0.25, -0.2) is 8.78 Å². The van der Waals surface area contributed by atoms with Crippen LogP contribution in [0.3, 0.4) is 0 Å². The Balaban J connectivity index is 2.46.